The summed E-state index contributed by atoms with van der Waals surface area (Å²) in [6, 6.07) is 0.0974. The van der Waals surface area contributed by atoms with Crippen molar-refractivity contribution in [3.63, 3.8) is 0 Å². The third-order valence-electron chi connectivity index (χ3n) is 2.49. The average molecular weight is 240 g/mol. The van der Waals surface area contributed by atoms with Crippen molar-refractivity contribution in [1.82, 2.24) is 10.2 Å². The highest BCUT2D eigenvalue weighted by Crippen LogP contribution is 2.12. The van der Waals surface area contributed by atoms with Crippen LogP contribution in [-0.4, -0.2) is 43.2 Å². The fourth-order valence-corrected chi connectivity index (χ4v) is 1.48. The van der Waals surface area contributed by atoms with Gasteiger partial charge in [-0.2, -0.15) is 13.2 Å². The van der Waals surface area contributed by atoms with E-state index in [4.69, 9.17) is 0 Å². The van der Waals surface area contributed by atoms with Gasteiger partial charge in [0.1, 0.15) is 0 Å². The third kappa shape index (κ3) is 5.95. The lowest BCUT2D eigenvalue weighted by Gasteiger charge is -2.26. The number of nitrogens with one attached hydrogen (secondary N) is 1. The molecule has 0 saturated heterocycles. The molecule has 0 atom stereocenters. The van der Waals surface area contributed by atoms with Crippen molar-refractivity contribution in [2.75, 3.05) is 20.1 Å². The minimum Gasteiger partial charge on any atom is -0.342 e. The summed E-state index contributed by atoms with van der Waals surface area (Å²) in [6.07, 6.45) is -2.66. The van der Waals surface area contributed by atoms with Gasteiger partial charge >= 0.3 is 6.18 Å². The maximum absolute atomic E-state index is 11.8. The first kappa shape index (κ1) is 15.2. The highest BCUT2D eigenvalue weighted by molar-refractivity contribution is 5.78. The predicted octanol–water partition coefficient (Wildman–Crippen LogP) is 1.79. The van der Waals surface area contributed by atoms with Gasteiger partial charge in [0, 0.05) is 13.1 Å². The van der Waals surface area contributed by atoms with Crippen molar-refractivity contribution in [3.8, 4) is 0 Å². The van der Waals surface area contributed by atoms with E-state index >= 15 is 0 Å². The van der Waals surface area contributed by atoms with E-state index in [1.807, 2.05) is 13.8 Å². The van der Waals surface area contributed by atoms with Crippen LogP contribution in [0, 0.1) is 0 Å². The number of hydrogen-bond acceptors (Lipinski definition) is 2. The summed E-state index contributed by atoms with van der Waals surface area (Å²) in [5.41, 5.74) is 0. The van der Waals surface area contributed by atoms with Crippen molar-refractivity contribution in [1.29, 1.82) is 0 Å². The van der Waals surface area contributed by atoms with Crippen LogP contribution in [0.4, 0.5) is 13.2 Å². The molecule has 1 N–H and O–H groups in total. The lowest BCUT2D eigenvalue weighted by atomic mass is 10.1. The Morgan fingerprint density at radius 1 is 1.31 bits per heavy atom. The molecule has 0 aromatic heterocycles. The molecule has 0 radical (unpaired) electrons. The van der Waals surface area contributed by atoms with Crippen LogP contribution in [0.25, 0.3) is 0 Å². The summed E-state index contributed by atoms with van der Waals surface area (Å²) in [5, 5.41) is 2.09. The van der Waals surface area contributed by atoms with Crippen molar-refractivity contribution >= 4 is 5.91 Å². The zero-order valence-electron chi connectivity index (χ0n) is 9.90. The average Bonchev–Trinajstić information content (AvgIpc) is 2.17. The molecule has 1 amide bonds. The Kier molecular flexibility index (Phi) is 6.40. The summed E-state index contributed by atoms with van der Waals surface area (Å²) in [4.78, 5) is 13.0. The van der Waals surface area contributed by atoms with Crippen molar-refractivity contribution in [3.05, 3.63) is 0 Å². The molecular formula is C10H19F3N2O. The molecule has 0 unspecified atom stereocenters. The summed E-state index contributed by atoms with van der Waals surface area (Å²) in [6.45, 7) is 2.49. The van der Waals surface area contributed by atoms with Crippen molar-refractivity contribution < 1.29 is 18.0 Å². The number of likely N-dealkylation sites (N-methyl/N-ethyl adjacent to an activating group) is 1. The summed E-state index contributed by atoms with van der Waals surface area (Å²) in [7, 11) is 1.62. The predicted molar refractivity (Wildman–Crippen MR) is 56.1 cm³/mol. The second-order valence-corrected chi connectivity index (χ2v) is 3.69. The van der Waals surface area contributed by atoms with Crippen LogP contribution in [0.15, 0.2) is 0 Å². The van der Waals surface area contributed by atoms with Crippen LogP contribution in [0.5, 0.6) is 0 Å². The van der Waals surface area contributed by atoms with Gasteiger partial charge in [-0.05, 0) is 12.8 Å². The fraction of sp³-hybridized carbons (Fsp3) is 0.900. The minimum absolute atomic E-state index is 0.0974. The van der Waals surface area contributed by atoms with E-state index in [2.05, 4.69) is 5.32 Å². The first-order valence-corrected chi connectivity index (χ1v) is 5.35. The highest BCUT2D eigenvalue weighted by atomic mass is 19.4. The van der Waals surface area contributed by atoms with E-state index in [1.54, 1.807) is 7.05 Å². The van der Waals surface area contributed by atoms with Gasteiger partial charge in [-0.1, -0.05) is 13.8 Å². The molecule has 0 aliphatic rings. The van der Waals surface area contributed by atoms with Gasteiger partial charge in [0.15, 0.2) is 0 Å². The number of rotatable bonds is 6. The van der Waals surface area contributed by atoms with Gasteiger partial charge in [-0.3, -0.25) is 4.79 Å². The lowest BCUT2D eigenvalue weighted by Crippen LogP contribution is -2.43. The maximum Gasteiger partial charge on any atom is 0.401 e. The van der Waals surface area contributed by atoms with Gasteiger partial charge in [-0.25, -0.2) is 0 Å². The largest absolute Gasteiger partial charge is 0.401 e. The van der Waals surface area contributed by atoms with Crippen molar-refractivity contribution in [2.45, 2.75) is 38.9 Å². The van der Waals surface area contributed by atoms with Crippen LogP contribution < -0.4 is 5.32 Å². The second kappa shape index (κ2) is 6.73. The SMILES string of the molecule is CCC(CC)N(C)C(=O)CNCC(F)(F)F. The topological polar surface area (TPSA) is 32.3 Å². The Morgan fingerprint density at radius 3 is 2.19 bits per heavy atom. The molecule has 0 aliphatic carbocycles. The molecule has 0 spiro atoms. The van der Waals surface area contributed by atoms with E-state index in [-0.39, 0.29) is 18.5 Å². The van der Waals surface area contributed by atoms with Gasteiger partial charge in [0.25, 0.3) is 0 Å². The summed E-state index contributed by atoms with van der Waals surface area (Å²) < 4.78 is 35.4. The molecule has 0 heterocycles. The Balaban J connectivity index is 3.97. The van der Waals surface area contributed by atoms with Crippen LogP contribution in [0.3, 0.4) is 0 Å². The fourth-order valence-electron chi connectivity index (χ4n) is 1.48. The smallest absolute Gasteiger partial charge is 0.342 e. The van der Waals surface area contributed by atoms with Gasteiger partial charge in [0.2, 0.25) is 5.91 Å². The first-order chi connectivity index (χ1) is 7.31. The Morgan fingerprint density at radius 2 is 1.81 bits per heavy atom. The molecular weight excluding hydrogens is 221 g/mol. The van der Waals surface area contributed by atoms with Gasteiger partial charge < -0.3 is 10.2 Å². The molecule has 0 rings (SSSR count). The summed E-state index contributed by atoms with van der Waals surface area (Å²) in [5.74, 6) is -0.307. The lowest BCUT2D eigenvalue weighted by molar-refractivity contribution is -0.134. The zero-order chi connectivity index (χ0) is 12.8. The van der Waals surface area contributed by atoms with E-state index in [9.17, 15) is 18.0 Å². The first-order valence-electron chi connectivity index (χ1n) is 5.35. The molecule has 0 saturated carbocycles. The van der Waals surface area contributed by atoms with Crippen LogP contribution >= 0.6 is 0 Å². The molecule has 0 bridgehead atoms. The van der Waals surface area contributed by atoms with Gasteiger partial charge in [0.05, 0.1) is 13.1 Å². The quantitative estimate of drug-likeness (QED) is 0.767. The van der Waals surface area contributed by atoms with Gasteiger partial charge in [-0.15, -0.1) is 0 Å². The third-order valence-corrected chi connectivity index (χ3v) is 2.49. The Bertz CT molecular complexity index is 215. The molecule has 0 aromatic carbocycles. The number of carbonyl (C=O) groups is 1. The van der Waals surface area contributed by atoms with Crippen LogP contribution in [0.2, 0.25) is 0 Å². The van der Waals surface area contributed by atoms with E-state index in [0.29, 0.717) is 0 Å². The van der Waals surface area contributed by atoms with E-state index < -0.39 is 12.7 Å². The zero-order valence-corrected chi connectivity index (χ0v) is 9.90. The number of carbonyl (C=O) groups excluding carboxylic acids is 1. The minimum atomic E-state index is -4.27. The number of alkyl halides is 3. The Hall–Kier alpha value is -0.780. The monoisotopic (exact) mass is 240 g/mol. The number of amides is 1. The standard InChI is InChI=1S/C10H19F3N2O/c1-4-8(5-2)15(3)9(16)6-14-7-10(11,12)13/h8,14H,4-7H2,1-3H3. The number of nitrogens with zero attached hydrogens (tertiary/aromatic N) is 1. The highest BCUT2D eigenvalue weighted by Gasteiger charge is 2.27. The molecule has 0 fully saturated rings. The normalized spacial score (nSPS) is 11.9. The van der Waals surface area contributed by atoms with Crippen LogP contribution in [-0.2, 0) is 4.79 Å². The second-order valence-electron chi connectivity index (χ2n) is 3.69. The maximum atomic E-state index is 11.8. The van der Waals surface area contributed by atoms with E-state index in [0.717, 1.165) is 12.8 Å². The van der Waals surface area contributed by atoms with Crippen molar-refractivity contribution in [2.24, 2.45) is 0 Å². The number of halogens is 3. The molecule has 6 heteroatoms. The summed E-state index contributed by atoms with van der Waals surface area (Å²) >= 11 is 0. The molecule has 96 valence electrons. The van der Waals surface area contributed by atoms with Crippen LogP contribution in [0.1, 0.15) is 26.7 Å². The molecule has 0 aromatic rings. The Labute approximate surface area is 94.0 Å². The number of hydrogen-bond donors (Lipinski definition) is 1. The van der Waals surface area contributed by atoms with E-state index in [1.165, 1.54) is 4.90 Å². The molecule has 16 heavy (non-hydrogen) atoms. The molecule has 0 aliphatic heterocycles. The molecule has 3 nitrogen and oxygen atoms in total.